The van der Waals surface area contributed by atoms with Gasteiger partial charge in [0.2, 0.25) is 0 Å². The zero-order valence-electron chi connectivity index (χ0n) is 19.0. The van der Waals surface area contributed by atoms with E-state index in [4.69, 9.17) is 25.1 Å². The van der Waals surface area contributed by atoms with Gasteiger partial charge in [-0.1, -0.05) is 63.1 Å². The van der Waals surface area contributed by atoms with Crippen LogP contribution in [0.15, 0.2) is 42.5 Å². The number of hydrogen-bond donors (Lipinski definition) is 0. The summed E-state index contributed by atoms with van der Waals surface area (Å²) in [6.45, 7) is 11.7. The lowest BCUT2D eigenvalue weighted by Crippen LogP contribution is -2.56. The van der Waals surface area contributed by atoms with Crippen LogP contribution < -0.4 is 0 Å². The van der Waals surface area contributed by atoms with Crippen LogP contribution >= 0.6 is 0 Å². The van der Waals surface area contributed by atoms with E-state index in [1.54, 1.807) is 0 Å². The van der Waals surface area contributed by atoms with Crippen molar-refractivity contribution in [3.8, 4) is 12.3 Å². The number of terminal acetylenes is 1. The number of ether oxygens (including phenoxy) is 3. The minimum atomic E-state index is -2.25. The normalized spacial score (nSPS) is 34.7. The number of rotatable bonds is 5. The fourth-order valence-electron chi connectivity index (χ4n) is 4.56. The first-order valence-electron chi connectivity index (χ1n) is 10.9. The Hall–Kier alpha value is -1.91. The molecule has 0 N–H and O–H groups in total. The predicted octanol–water partition coefficient (Wildman–Crippen LogP) is 4.24. The van der Waals surface area contributed by atoms with Gasteiger partial charge >= 0.3 is 5.97 Å². The van der Waals surface area contributed by atoms with Gasteiger partial charge in [0, 0.05) is 6.42 Å². The minimum absolute atomic E-state index is 0.0372. The van der Waals surface area contributed by atoms with Crippen molar-refractivity contribution in [3.63, 3.8) is 0 Å². The second-order valence-electron chi connectivity index (χ2n) is 10.2. The molecule has 0 amide bonds. The first kappa shape index (κ1) is 22.3. The van der Waals surface area contributed by atoms with Crippen LogP contribution in [-0.4, -0.2) is 44.8 Å². The van der Waals surface area contributed by atoms with Gasteiger partial charge in [0.25, 0.3) is 0 Å². The Kier molecular flexibility index (Phi) is 5.46. The van der Waals surface area contributed by atoms with E-state index in [0.717, 1.165) is 5.56 Å². The fraction of sp³-hybridized carbons (Fsp3) is 0.560. The highest BCUT2D eigenvalue weighted by atomic mass is 28.4. The third-order valence-corrected chi connectivity index (χ3v) is 11.9. The Bertz CT molecular complexity index is 912. The van der Waals surface area contributed by atoms with Crippen LogP contribution in [0.2, 0.25) is 18.1 Å². The minimum Gasteiger partial charge on any atom is -0.465 e. The van der Waals surface area contributed by atoms with Crippen molar-refractivity contribution in [2.45, 2.75) is 75.8 Å². The average molecular weight is 441 g/mol. The molecule has 6 heteroatoms. The molecule has 1 aromatic carbocycles. The Morgan fingerprint density at radius 2 is 1.97 bits per heavy atom. The highest BCUT2D eigenvalue weighted by Crippen LogP contribution is 2.58. The summed E-state index contributed by atoms with van der Waals surface area (Å²) in [4.78, 5) is 13.2. The van der Waals surface area contributed by atoms with Crippen molar-refractivity contribution < 1.29 is 23.4 Å². The summed E-state index contributed by atoms with van der Waals surface area (Å²) in [7, 11) is -2.25. The van der Waals surface area contributed by atoms with Crippen LogP contribution in [0.5, 0.6) is 0 Å². The SMILES string of the molecule is C#C[C@]12C=C[C@H](OCc3ccccc3)C(O1)[C@@H](O[Si](C)(C)C(C)(C)C)[C@@]21CCOC1=O. The first-order chi connectivity index (χ1) is 14.6. The van der Waals surface area contributed by atoms with E-state index in [1.807, 2.05) is 42.5 Å². The first-order valence-corrected chi connectivity index (χ1v) is 13.8. The highest BCUT2D eigenvalue weighted by molar-refractivity contribution is 6.74. The van der Waals surface area contributed by atoms with E-state index < -0.39 is 31.5 Å². The van der Waals surface area contributed by atoms with Crippen molar-refractivity contribution in [2.24, 2.45) is 5.41 Å². The second-order valence-corrected chi connectivity index (χ2v) is 15.0. The summed E-state index contributed by atoms with van der Waals surface area (Å²) in [5.41, 5.74) is -1.16. The third-order valence-electron chi connectivity index (χ3n) is 7.43. The highest BCUT2D eigenvalue weighted by Gasteiger charge is 2.74. The van der Waals surface area contributed by atoms with E-state index in [0.29, 0.717) is 19.6 Å². The molecule has 4 rings (SSSR count). The van der Waals surface area contributed by atoms with Crippen molar-refractivity contribution in [1.29, 1.82) is 0 Å². The maximum Gasteiger partial charge on any atom is 0.319 e. The molecule has 2 fully saturated rings. The second kappa shape index (κ2) is 7.60. The number of cyclic esters (lactones) is 1. The van der Waals surface area contributed by atoms with Crippen molar-refractivity contribution in [1.82, 2.24) is 0 Å². The Morgan fingerprint density at radius 3 is 2.55 bits per heavy atom. The standard InChI is InChI=1S/C25H32O5Si/c1-7-24-14-13-19(28-17-18-11-9-8-10-12-18)20(29-24)21(25(24)15-16-27-22(25)26)30-31(5,6)23(2,3)4/h1,8-14,19-21H,15-17H2,2-6H3/t19-,20?,21+,24+,25+/m0/s1. The summed E-state index contributed by atoms with van der Waals surface area (Å²) in [6, 6.07) is 9.99. The largest absolute Gasteiger partial charge is 0.465 e. The zero-order valence-corrected chi connectivity index (χ0v) is 20.0. The molecular formula is C25H32O5Si. The smallest absolute Gasteiger partial charge is 0.319 e. The molecule has 0 aliphatic carbocycles. The number of hydrogen-bond acceptors (Lipinski definition) is 5. The summed E-state index contributed by atoms with van der Waals surface area (Å²) in [5.74, 6) is 2.46. The van der Waals surface area contributed by atoms with E-state index in [2.05, 4.69) is 39.8 Å². The third kappa shape index (κ3) is 3.39. The van der Waals surface area contributed by atoms with Crippen LogP contribution in [0.3, 0.4) is 0 Å². The topological polar surface area (TPSA) is 54.0 Å². The number of carbonyl (C=O) groups excluding carboxylic acids is 1. The number of fused-ring (bicyclic) bond motifs is 3. The van der Waals surface area contributed by atoms with Crippen LogP contribution in [0.25, 0.3) is 0 Å². The molecule has 0 radical (unpaired) electrons. The molecule has 0 saturated carbocycles. The Balaban J connectivity index is 1.71. The summed E-state index contributed by atoms with van der Waals surface area (Å²) in [6.07, 6.45) is 8.85. The molecule has 166 valence electrons. The summed E-state index contributed by atoms with van der Waals surface area (Å²) >= 11 is 0. The fourth-order valence-corrected chi connectivity index (χ4v) is 5.89. The summed E-state index contributed by atoms with van der Waals surface area (Å²) in [5, 5.41) is -0.0372. The van der Waals surface area contributed by atoms with Gasteiger partial charge < -0.3 is 18.6 Å². The molecule has 1 unspecified atom stereocenters. The molecule has 3 heterocycles. The van der Waals surface area contributed by atoms with Gasteiger partial charge in [-0.05, 0) is 29.8 Å². The van der Waals surface area contributed by atoms with Crippen LogP contribution in [0.4, 0.5) is 0 Å². The lowest BCUT2D eigenvalue weighted by Gasteiger charge is -2.43. The maximum atomic E-state index is 13.2. The monoisotopic (exact) mass is 440 g/mol. The van der Waals surface area contributed by atoms with Crippen LogP contribution in [0.1, 0.15) is 32.8 Å². The molecule has 2 bridgehead atoms. The number of carbonyl (C=O) groups is 1. The van der Waals surface area contributed by atoms with Crippen LogP contribution in [-0.2, 0) is 30.0 Å². The van der Waals surface area contributed by atoms with Crippen LogP contribution in [0, 0.1) is 17.8 Å². The van der Waals surface area contributed by atoms with Gasteiger partial charge in [-0.15, -0.1) is 6.42 Å². The van der Waals surface area contributed by atoms with Crippen molar-refractivity contribution in [3.05, 3.63) is 48.0 Å². The molecule has 3 aliphatic heterocycles. The van der Waals surface area contributed by atoms with Gasteiger partial charge in [-0.3, -0.25) is 4.79 Å². The zero-order chi connectivity index (χ0) is 22.5. The van der Waals surface area contributed by atoms with Gasteiger partial charge in [-0.25, -0.2) is 0 Å². The Labute approximate surface area is 186 Å². The molecule has 2 saturated heterocycles. The van der Waals surface area contributed by atoms with Crippen molar-refractivity contribution >= 4 is 14.3 Å². The number of esters is 1. The molecule has 31 heavy (non-hydrogen) atoms. The van der Waals surface area contributed by atoms with Crippen molar-refractivity contribution in [2.75, 3.05) is 6.61 Å². The van der Waals surface area contributed by atoms with Gasteiger partial charge in [0.1, 0.15) is 17.6 Å². The van der Waals surface area contributed by atoms with E-state index >= 15 is 0 Å². The quantitative estimate of drug-likeness (QED) is 0.297. The molecule has 5 atom stereocenters. The lowest BCUT2D eigenvalue weighted by atomic mass is 9.69. The molecule has 3 aliphatic rings. The molecule has 1 spiro atoms. The molecule has 5 nitrogen and oxygen atoms in total. The lowest BCUT2D eigenvalue weighted by molar-refractivity contribution is -0.153. The Morgan fingerprint density at radius 1 is 1.26 bits per heavy atom. The van der Waals surface area contributed by atoms with E-state index in [-0.39, 0.29) is 17.1 Å². The molecular weight excluding hydrogens is 408 g/mol. The van der Waals surface area contributed by atoms with E-state index in [9.17, 15) is 4.79 Å². The predicted molar refractivity (Wildman–Crippen MR) is 121 cm³/mol. The summed E-state index contributed by atoms with van der Waals surface area (Å²) < 4.78 is 25.1. The number of benzene rings is 1. The van der Waals surface area contributed by atoms with Gasteiger partial charge in [-0.2, -0.15) is 0 Å². The molecule has 1 aromatic rings. The van der Waals surface area contributed by atoms with Gasteiger partial charge in [0.15, 0.2) is 13.9 Å². The molecule has 0 aromatic heterocycles. The van der Waals surface area contributed by atoms with Gasteiger partial charge in [0.05, 0.1) is 19.3 Å². The van der Waals surface area contributed by atoms with E-state index in [1.165, 1.54) is 0 Å². The maximum absolute atomic E-state index is 13.2. The average Bonchev–Trinajstić information content (AvgIpc) is 3.21.